The van der Waals surface area contributed by atoms with Gasteiger partial charge in [0.05, 0.1) is 12.7 Å². The third-order valence-corrected chi connectivity index (χ3v) is 3.17. The first-order chi connectivity index (χ1) is 7.65. The van der Waals surface area contributed by atoms with Gasteiger partial charge in [-0.15, -0.1) is 0 Å². The molecule has 1 aromatic heterocycles. The lowest BCUT2D eigenvalue weighted by Crippen LogP contribution is -2.19. The van der Waals surface area contributed by atoms with E-state index in [9.17, 15) is 0 Å². The van der Waals surface area contributed by atoms with Crippen molar-refractivity contribution in [3.05, 3.63) is 17.5 Å². The summed E-state index contributed by atoms with van der Waals surface area (Å²) in [5.74, 6) is 1.83. The smallest absolute Gasteiger partial charge is 0.0537 e. The lowest BCUT2D eigenvalue weighted by atomic mass is 10.2. The van der Waals surface area contributed by atoms with Gasteiger partial charge in [0, 0.05) is 23.6 Å². The van der Waals surface area contributed by atoms with Gasteiger partial charge in [0.1, 0.15) is 0 Å². The van der Waals surface area contributed by atoms with Crippen molar-refractivity contribution in [2.75, 3.05) is 18.6 Å². The Labute approximate surface area is 103 Å². The molecule has 1 rings (SSSR count). The standard InChI is InChI=1S/C12H23N3S/c1-10(2)7-13-8-12-9-14-15(11(12)3)5-6-16-4/h9-10,13H,5-8H2,1-4H3. The van der Waals surface area contributed by atoms with Crippen molar-refractivity contribution in [2.24, 2.45) is 5.92 Å². The second kappa shape index (κ2) is 6.97. The van der Waals surface area contributed by atoms with Crippen LogP contribution in [0.15, 0.2) is 6.20 Å². The zero-order valence-corrected chi connectivity index (χ0v) is 11.6. The topological polar surface area (TPSA) is 29.9 Å². The van der Waals surface area contributed by atoms with Gasteiger partial charge >= 0.3 is 0 Å². The Kier molecular flexibility index (Phi) is 5.91. The van der Waals surface area contributed by atoms with E-state index in [4.69, 9.17) is 0 Å². The molecule has 0 unspecified atom stereocenters. The number of rotatable bonds is 7. The molecule has 0 fully saturated rings. The molecule has 1 heterocycles. The molecule has 16 heavy (non-hydrogen) atoms. The molecule has 92 valence electrons. The zero-order valence-electron chi connectivity index (χ0n) is 10.8. The molecule has 1 N–H and O–H groups in total. The number of thioether (sulfide) groups is 1. The average molecular weight is 241 g/mol. The molecule has 0 aromatic carbocycles. The summed E-state index contributed by atoms with van der Waals surface area (Å²) in [6.07, 6.45) is 4.12. The van der Waals surface area contributed by atoms with Crippen molar-refractivity contribution < 1.29 is 0 Å². The molecule has 3 nitrogen and oxygen atoms in total. The molecule has 0 atom stereocenters. The van der Waals surface area contributed by atoms with Crippen molar-refractivity contribution in [1.82, 2.24) is 15.1 Å². The molecule has 0 bridgehead atoms. The van der Waals surface area contributed by atoms with Crippen molar-refractivity contribution in [1.29, 1.82) is 0 Å². The molecule has 0 saturated carbocycles. The normalized spacial score (nSPS) is 11.3. The van der Waals surface area contributed by atoms with Gasteiger partial charge < -0.3 is 5.32 Å². The summed E-state index contributed by atoms with van der Waals surface area (Å²) in [6, 6.07) is 0. The van der Waals surface area contributed by atoms with E-state index >= 15 is 0 Å². The SMILES string of the molecule is CSCCn1ncc(CNCC(C)C)c1C. The van der Waals surface area contributed by atoms with Crippen LogP contribution in [0.1, 0.15) is 25.1 Å². The van der Waals surface area contributed by atoms with E-state index in [1.165, 1.54) is 11.3 Å². The monoisotopic (exact) mass is 241 g/mol. The van der Waals surface area contributed by atoms with E-state index in [1.54, 1.807) is 0 Å². The van der Waals surface area contributed by atoms with Gasteiger partial charge in [0.2, 0.25) is 0 Å². The highest BCUT2D eigenvalue weighted by Gasteiger charge is 2.05. The zero-order chi connectivity index (χ0) is 12.0. The fourth-order valence-electron chi connectivity index (χ4n) is 1.56. The number of hydrogen-bond acceptors (Lipinski definition) is 3. The molecule has 4 heteroatoms. The van der Waals surface area contributed by atoms with Crippen LogP contribution in [-0.4, -0.2) is 28.3 Å². The van der Waals surface area contributed by atoms with E-state index < -0.39 is 0 Å². The predicted molar refractivity (Wildman–Crippen MR) is 71.9 cm³/mol. The number of aryl methyl sites for hydroxylation is 1. The van der Waals surface area contributed by atoms with Gasteiger partial charge in [0.15, 0.2) is 0 Å². The maximum Gasteiger partial charge on any atom is 0.0537 e. The summed E-state index contributed by atoms with van der Waals surface area (Å²) in [7, 11) is 0. The van der Waals surface area contributed by atoms with Crippen molar-refractivity contribution >= 4 is 11.8 Å². The maximum absolute atomic E-state index is 4.41. The maximum atomic E-state index is 4.41. The first-order valence-electron chi connectivity index (χ1n) is 5.86. The second-order valence-corrected chi connectivity index (χ2v) is 5.48. The number of aromatic nitrogens is 2. The van der Waals surface area contributed by atoms with Gasteiger partial charge in [0.25, 0.3) is 0 Å². The summed E-state index contributed by atoms with van der Waals surface area (Å²) < 4.78 is 2.10. The van der Waals surface area contributed by atoms with Gasteiger partial charge in [-0.2, -0.15) is 16.9 Å². The van der Waals surface area contributed by atoms with Crippen LogP contribution in [-0.2, 0) is 13.1 Å². The van der Waals surface area contributed by atoms with Crippen LogP contribution in [0.2, 0.25) is 0 Å². The number of hydrogen-bond donors (Lipinski definition) is 1. The summed E-state index contributed by atoms with van der Waals surface area (Å²) in [6.45, 7) is 9.61. The third-order valence-electron chi connectivity index (χ3n) is 2.58. The number of nitrogens with one attached hydrogen (secondary N) is 1. The van der Waals surface area contributed by atoms with Gasteiger partial charge in [-0.1, -0.05) is 13.8 Å². The quantitative estimate of drug-likeness (QED) is 0.794. The van der Waals surface area contributed by atoms with Crippen LogP contribution in [0.4, 0.5) is 0 Å². The molecule has 1 aromatic rings. The minimum Gasteiger partial charge on any atom is -0.312 e. The van der Waals surface area contributed by atoms with Gasteiger partial charge in [-0.05, 0) is 25.6 Å². The lowest BCUT2D eigenvalue weighted by Gasteiger charge is -2.07. The molecule has 0 aliphatic carbocycles. The van der Waals surface area contributed by atoms with Crippen molar-refractivity contribution in [3.8, 4) is 0 Å². The fourth-order valence-corrected chi connectivity index (χ4v) is 1.91. The van der Waals surface area contributed by atoms with E-state index in [0.717, 1.165) is 25.4 Å². The minimum atomic E-state index is 0.701. The van der Waals surface area contributed by atoms with Gasteiger partial charge in [-0.25, -0.2) is 0 Å². The summed E-state index contributed by atoms with van der Waals surface area (Å²) >= 11 is 1.86. The third kappa shape index (κ3) is 4.18. The Balaban J connectivity index is 2.45. The van der Waals surface area contributed by atoms with Gasteiger partial charge in [-0.3, -0.25) is 4.68 Å². The van der Waals surface area contributed by atoms with E-state index in [2.05, 4.69) is 42.1 Å². The van der Waals surface area contributed by atoms with Crippen LogP contribution in [0.3, 0.4) is 0 Å². The summed E-state index contributed by atoms with van der Waals surface area (Å²) in [4.78, 5) is 0. The Morgan fingerprint density at radius 3 is 2.88 bits per heavy atom. The van der Waals surface area contributed by atoms with E-state index in [0.29, 0.717) is 5.92 Å². The van der Waals surface area contributed by atoms with Crippen LogP contribution in [0.5, 0.6) is 0 Å². The molecular weight excluding hydrogens is 218 g/mol. The fraction of sp³-hybridized carbons (Fsp3) is 0.750. The van der Waals surface area contributed by atoms with Crippen LogP contribution in [0, 0.1) is 12.8 Å². The Morgan fingerprint density at radius 2 is 2.25 bits per heavy atom. The number of nitrogens with zero attached hydrogens (tertiary/aromatic N) is 2. The molecule has 0 spiro atoms. The molecule has 0 saturated heterocycles. The lowest BCUT2D eigenvalue weighted by molar-refractivity contribution is 0.550. The molecule has 0 amide bonds. The largest absolute Gasteiger partial charge is 0.312 e. The van der Waals surface area contributed by atoms with E-state index in [-0.39, 0.29) is 0 Å². The molecule has 0 aliphatic rings. The molecule has 0 aliphatic heterocycles. The Hall–Kier alpha value is -0.480. The van der Waals surface area contributed by atoms with Crippen molar-refractivity contribution in [3.63, 3.8) is 0 Å². The highest BCUT2D eigenvalue weighted by Crippen LogP contribution is 2.08. The highest BCUT2D eigenvalue weighted by atomic mass is 32.2. The van der Waals surface area contributed by atoms with E-state index in [1.807, 2.05) is 18.0 Å². The Bertz CT molecular complexity index is 307. The first-order valence-corrected chi connectivity index (χ1v) is 7.25. The predicted octanol–water partition coefficient (Wildman–Crippen LogP) is 2.30. The Morgan fingerprint density at radius 1 is 1.50 bits per heavy atom. The van der Waals surface area contributed by atoms with Crippen LogP contribution < -0.4 is 5.32 Å². The summed E-state index contributed by atoms with van der Waals surface area (Å²) in [5.41, 5.74) is 2.62. The highest BCUT2D eigenvalue weighted by molar-refractivity contribution is 7.98. The first kappa shape index (κ1) is 13.6. The van der Waals surface area contributed by atoms with Crippen molar-refractivity contribution in [2.45, 2.75) is 33.9 Å². The molecule has 0 radical (unpaired) electrons. The minimum absolute atomic E-state index is 0.701. The van der Waals surface area contributed by atoms with Crippen LogP contribution >= 0.6 is 11.8 Å². The summed E-state index contributed by atoms with van der Waals surface area (Å²) in [5, 5.41) is 7.87. The average Bonchev–Trinajstić information content (AvgIpc) is 2.57. The second-order valence-electron chi connectivity index (χ2n) is 4.50. The molecular formula is C12H23N3S. The van der Waals surface area contributed by atoms with Crippen LogP contribution in [0.25, 0.3) is 0 Å².